The molecule has 1 aromatic heterocycles. The third-order valence-corrected chi connectivity index (χ3v) is 4.03. The fraction of sp³-hybridized carbons (Fsp3) is 0.267. The van der Waals surface area contributed by atoms with Crippen LogP contribution in [0.25, 0.3) is 0 Å². The van der Waals surface area contributed by atoms with Crippen LogP contribution in [0.15, 0.2) is 40.3 Å². The molecule has 18 heavy (non-hydrogen) atoms. The van der Waals surface area contributed by atoms with E-state index in [0.717, 1.165) is 16.3 Å². The van der Waals surface area contributed by atoms with Crippen LogP contribution in [0, 0.1) is 20.8 Å². The molecular weight excluding hydrogens is 240 g/mol. The standard InChI is InChI=1S/C15H18N2S/c1-10-4-7-14(8-11(10)2)18-15-13(9-16)6-5-12(3)17-15/h4-8H,9,16H2,1-3H3. The highest BCUT2D eigenvalue weighted by Crippen LogP contribution is 2.30. The zero-order valence-electron chi connectivity index (χ0n) is 11.0. The van der Waals surface area contributed by atoms with Crippen molar-refractivity contribution in [1.29, 1.82) is 0 Å². The van der Waals surface area contributed by atoms with Gasteiger partial charge in [-0.2, -0.15) is 0 Å². The van der Waals surface area contributed by atoms with E-state index < -0.39 is 0 Å². The van der Waals surface area contributed by atoms with E-state index in [-0.39, 0.29) is 0 Å². The van der Waals surface area contributed by atoms with Crippen LogP contribution < -0.4 is 5.73 Å². The van der Waals surface area contributed by atoms with Crippen molar-refractivity contribution < 1.29 is 0 Å². The van der Waals surface area contributed by atoms with Crippen LogP contribution in [0.3, 0.4) is 0 Å². The first-order chi connectivity index (χ1) is 8.60. The molecule has 0 atom stereocenters. The number of aromatic nitrogens is 1. The number of rotatable bonds is 3. The molecule has 0 saturated heterocycles. The summed E-state index contributed by atoms with van der Waals surface area (Å²) in [6.45, 7) is 6.79. The Balaban J connectivity index is 2.33. The van der Waals surface area contributed by atoms with Crippen molar-refractivity contribution in [3.63, 3.8) is 0 Å². The second-order valence-electron chi connectivity index (χ2n) is 4.47. The molecule has 0 aliphatic carbocycles. The topological polar surface area (TPSA) is 38.9 Å². The number of benzene rings is 1. The summed E-state index contributed by atoms with van der Waals surface area (Å²) in [6, 6.07) is 10.6. The molecule has 2 N–H and O–H groups in total. The normalized spacial score (nSPS) is 10.7. The molecule has 3 heteroatoms. The van der Waals surface area contributed by atoms with Crippen molar-refractivity contribution in [2.75, 3.05) is 0 Å². The average Bonchev–Trinajstić information content (AvgIpc) is 2.34. The Bertz CT molecular complexity index is 564. The molecule has 2 nitrogen and oxygen atoms in total. The van der Waals surface area contributed by atoms with Crippen molar-refractivity contribution in [1.82, 2.24) is 4.98 Å². The summed E-state index contributed by atoms with van der Waals surface area (Å²) in [5.41, 5.74) is 10.5. The molecule has 0 aliphatic heterocycles. The van der Waals surface area contributed by atoms with E-state index in [4.69, 9.17) is 5.73 Å². The monoisotopic (exact) mass is 258 g/mol. The number of aryl methyl sites for hydroxylation is 3. The molecule has 0 spiro atoms. The van der Waals surface area contributed by atoms with Gasteiger partial charge < -0.3 is 5.73 Å². The number of hydrogen-bond donors (Lipinski definition) is 1. The second kappa shape index (κ2) is 5.55. The van der Waals surface area contributed by atoms with Gasteiger partial charge >= 0.3 is 0 Å². The van der Waals surface area contributed by atoms with Gasteiger partial charge in [0.2, 0.25) is 0 Å². The number of pyridine rings is 1. The van der Waals surface area contributed by atoms with E-state index >= 15 is 0 Å². The lowest BCUT2D eigenvalue weighted by molar-refractivity contribution is 0.941. The Morgan fingerprint density at radius 3 is 2.50 bits per heavy atom. The molecule has 0 saturated carbocycles. The smallest absolute Gasteiger partial charge is 0.106 e. The van der Waals surface area contributed by atoms with Gasteiger partial charge in [-0.05, 0) is 55.7 Å². The van der Waals surface area contributed by atoms with Crippen molar-refractivity contribution in [2.45, 2.75) is 37.2 Å². The predicted molar refractivity (Wildman–Crippen MR) is 76.9 cm³/mol. The first-order valence-corrected chi connectivity index (χ1v) is 6.83. The van der Waals surface area contributed by atoms with Crippen molar-refractivity contribution in [3.05, 3.63) is 52.7 Å². The predicted octanol–water partition coefficient (Wildman–Crippen LogP) is 3.62. The molecule has 0 fully saturated rings. The minimum atomic E-state index is 0.528. The zero-order chi connectivity index (χ0) is 13.1. The van der Waals surface area contributed by atoms with Crippen molar-refractivity contribution in [2.24, 2.45) is 5.73 Å². The SMILES string of the molecule is Cc1ccc(CN)c(Sc2ccc(C)c(C)c2)n1. The maximum atomic E-state index is 5.76. The van der Waals surface area contributed by atoms with Crippen molar-refractivity contribution >= 4 is 11.8 Å². The summed E-state index contributed by atoms with van der Waals surface area (Å²) in [6.07, 6.45) is 0. The zero-order valence-corrected chi connectivity index (χ0v) is 11.8. The minimum absolute atomic E-state index is 0.528. The van der Waals surface area contributed by atoms with Gasteiger partial charge in [0.1, 0.15) is 5.03 Å². The Morgan fingerprint density at radius 2 is 1.83 bits per heavy atom. The summed E-state index contributed by atoms with van der Waals surface area (Å²) < 4.78 is 0. The van der Waals surface area contributed by atoms with Gasteiger partial charge in [0.15, 0.2) is 0 Å². The van der Waals surface area contributed by atoms with Gasteiger partial charge in [-0.1, -0.05) is 23.9 Å². The van der Waals surface area contributed by atoms with E-state index in [1.807, 2.05) is 13.0 Å². The third-order valence-electron chi connectivity index (χ3n) is 2.99. The van der Waals surface area contributed by atoms with Gasteiger partial charge in [0, 0.05) is 17.1 Å². The molecule has 0 amide bonds. The molecule has 0 unspecified atom stereocenters. The van der Waals surface area contributed by atoms with Crippen LogP contribution in [-0.4, -0.2) is 4.98 Å². The highest BCUT2D eigenvalue weighted by Gasteiger charge is 2.06. The minimum Gasteiger partial charge on any atom is -0.326 e. The van der Waals surface area contributed by atoms with Gasteiger partial charge in [0.25, 0.3) is 0 Å². The fourth-order valence-corrected chi connectivity index (χ4v) is 2.76. The highest BCUT2D eigenvalue weighted by atomic mass is 32.2. The maximum absolute atomic E-state index is 5.76. The first-order valence-electron chi connectivity index (χ1n) is 6.02. The van der Waals surface area contributed by atoms with Gasteiger partial charge in [-0.25, -0.2) is 4.98 Å². The Morgan fingerprint density at radius 1 is 1.06 bits per heavy atom. The molecule has 1 aromatic carbocycles. The number of hydrogen-bond acceptors (Lipinski definition) is 3. The quantitative estimate of drug-likeness (QED) is 0.914. The van der Waals surface area contributed by atoms with Crippen LogP contribution in [0.4, 0.5) is 0 Å². The van der Waals surface area contributed by atoms with E-state index in [9.17, 15) is 0 Å². The van der Waals surface area contributed by atoms with Gasteiger partial charge in [-0.15, -0.1) is 0 Å². The third kappa shape index (κ3) is 2.92. The summed E-state index contributed by atoms with van der Waals surface area (Å²) in [7, 11) is 0. The summed E-state index contributed by atoms with van der Waals surface area (Å²) >= 11 is 1.68. The maximum Gasteiger partial charge on any atom is 0.106 e. The first kappa shape index (κ1) is 13.1. The average molecular weight is 258 g/mol. The van der Waals surface area contributed by atoms with Crippen LogP contribution >= 0.6 is 11.8 Å². The van der Waals surface area contributed by atoms with E-state index in [2.05, 4.69) is 43.1 Å². The number of nitrogens with zero attached hydrogens (tertiary/aromatic N) is 1. The lowest BCUT2D eigenvalue weighted by atomic mass is 10.1. The summed E-state index contributed by atoms with van der Waals surface area (Å²) in [5.74, 6) is 0. The Labute approximate surface area is 113 Å². The molecule has 1 heterocycles. The van der Waals surface area contributed by atoms with Crippen LogP contribution in [0.2, 0.25) is 0 Å². The molecule has 0 radical (unpaired) electrons. The van der Waals surface area contributed by atoms with Crippen LogP contribution in [0.5, 0.6) is 0 Å². The molecule has 2 rings (SSSR count). The molecule has 0 aliphatic rings. The molecule has 94 valence electrons. The highest BCUT2D eigenvalue weighted by molar-refractivity contribution is 7.99. The van der Waals surface area contributed by atoms with Crippen LogP contribution in [0.1, 0.15) is 22.4 Å². The molecule has 2 aromatic rings. The lowest BCUT2D eigenvalue weighted by Gasteiger charge is -2.09. The fourth-order valence-electron chi connectivity index (χ4n) is 1.69. The van der Waals surface area contributed by atoms with Gasteiger partial charge in [0.05, 0.1) is 0 Å². The Kier molecular flexibility index (Phi) is 4.04. The van der Waals surface area contributed by atoms with E-state index in [0.29, 0.717) is 6.54 Å². The largest absolute Gasteiger partial charge is 0.326 e. The van der Waals surface area contributed by atoms with E-state index in [1.54, 1.807) is 11.8 Å². The molecule has 0 bridgehead atoms. The van der Waals surface area contributed by atoms with Crippen molar-refractivity contribution in [3.8, 4) is 0 Å². The molecular formula is C15H18N2S. The van der Waals surface area contributed by atoms with Crippen LogP contribution in [-0.2, 0) is 6.54 Å². The van der Waals surface area contributed by atoms with E-state index in [1.165, 1.54) is 16.0 Å². The Hall–Kier alpha value is -1.32. The second-order valence-corrected chi connectivity index (χ2v) is 5.53. The summed E-state index contributed by atoms with van der Waals surface area (Å²) in [5, 5.41) is 1.01. The number of nitrogens with two attached hydrogens (primary N) is 1. The lowest BCUT2D eigenvalue weighted by Crippen LogP contribution is -2.00. The summed E-state index contributed by atoms with van der Waals surface area (Å²) in [4.78, 5) is 5.79. The van der Waals surface area contributed by atoms with Gasteiger partial charge in [-0.3, -0.25) is 0 Å².